The van der Waals surface area contributed by atoms with Crippen LogP contribution in [0.2, 0.25) is 0 Å². The zero-order chi connectivity index (χ0) is 12.8. The lowest BCUT2D eigenvalue weighted by molar-refractivity contribution is 0.411. The van der Waals surface area contributed by atoms with E-state index in [9.17, 15) is 0 Å². The van der Waals surface area contributed by atoms with Gasteiger partial charge in [-0.15, -0.1) is 0 Å². The third kappa shape index (κ3) is 4.32. The Morgan fingerprint density at radius 3 is 2.59 bits per heavy atom. The van der Waals surface area contributed by atoms with Crippen molar-refractivity contribution in [2.75, 3.05) is 13.7 Å². The summed E-state index contributed by atoms with van der Waals surface area (Å²) in [5.41, 5.74) is 1.28. The first-order chi connectivity index (χ1) is 8.08. The number of ether oxygens (including phenoxy) is 1. The van der Waals surface area contributed by atoms with Gasteiger partial charge in [-0.3, -0.25) is 0 Å². The van der Waals surface area contributed by atoms with Crippen molar-refractivity contribution in [1.82, 2.24) is 5.32 Å². The quantitative estimate of drug-likeness (QED) is 0.852. The van der Waals surface area contributed by atoms with Gasteiger partial charge < -0.3 is 10.1 Å². The van der Waals surface area contributed by atoms with Crippen LogP contribution in [-0.2, 0) is 0 Å². The van der Waals surface area contributed by atoms with E-state index in [2.05, 4.69) is 54.2 Å². The van der Waals surface area contributed by atoms with Gasteiger partial charge in [0, 0.05) is 6.04 Å². The molecule has 1 aromatic rings. The SMILES string of the molecule is CCC(C)CNC(C)c1ccc(OC)c(Br)c1. The van der Waals surface area contributed by atoms with Crippen LogP contribution in [0, 0.1) is 5.92 Å². The van der Waals surface area contributed by atoms with Gasteiger partial charge in [0.05, 0.1) is 11.6 Å². The van der Waals surface area contributed by atoms with Crippen LogP contribution in [0.3, 0.4) is 0 Å². The molecular weight excluding hydrogens is 278 g/mol. The lowest BCUT2D eigenvalue weighted by Gasteiger charge is -2.18. The summed E-state index contributed by atoms with van der Waals surface area (Å²) in [6, 6.07) is 6.59. The molecule has 0 aliphatic rings. The van der Waals surface area contributed by atoms with Crippen LogP contribution in [0.15, 0.2) is 22.7 Å². The number of halogens is 1. The van der Waals surface area contributed by atoms with E-state index in [0.29, 0.717) is 6.04 Å². The molecule has 17 heavy (non-hydrogen) atoms. The lowest BCUT2D eigenvalue weighted by Crippen LogP contribution is -2.24. The molecule has 2 nitrogen and oxygen atoms in total. The summed E-state index contributed by atoms with van der Waals surface area (Å²) in [6.07, 6.45) is 1.21. The molecule has 0 saturated carbocycles. The zero-order valence-electron chi connectivity index (χ0n) is 11.1. The van der Waals surface area contributed by atoms with E-state index in [4.69, 9.17) is 4.74 Å². The Balaban J connectivity index is 2.63. The van der Waals surface area contributed by atoms with Crippen LogP contribution in [0.1, 0.15) is 38.8 Å². The first-order valence-corrected chi connectivity index (χ1v) is 6.94. The Labute approximate surface area is 113 Å². The highest BCUT2D eigenvalue weighted by atomic mass is 79.9. The standard InChI is InChI=1S/C14H22BrNO/c1-5-10(2)9-16-11(3)12-6-7-14(17-4)13(15)8-12/h6-8,10-11,16H,5,9H2,1-4H3. The second-order valence-electron chi connectivity index (χ2n) is 4.54. The van der Waals surface area contributed by atoms with Crippen molar-refractivity contribution in [3.05, 3.63) is 28.2 Å². The van der Waals surface area contributed by atoms with Gasteiger partial charge in [0.1, 0.15) is 5.75 Å². The second kappa shape index (κ2) is 7.02. The van der Waals surface area contributed by atoms with Crippen molar-refractivity contribution >= 4 is 15.9 Å². The maximum atomic E-state index is 5.23. The number of nitrogens with one attached hydrogen (secondary N) is 1. The lowest BCUT2D eigenvalue weighted by atomic mass is 10.1. The van der Waals surface area contributed by atoms with Gasteiger partial charge in [-0.05, 0) is 53.0 Å². The van der Waals surface area contributed by atoms with E-state index in [1.807, 2.05) is 6.07 Å². The first kappa shape index (κ1) is 14.5. The molecular formula is C14H22BrNO. The van der Waals surface area contributed by atoms with Crippen LogP contribution in [0.4, 0.5) is 0 Å². The minimum atomic E-state index is 0.367. The highest BCUT2D eigenvalue weighted by Gasteiger charge is 2.09. The van der Waals surface area contributed by atoms with Crippen molar-refractivity contribution in [1.29, 1.82) is 0 Å². The molecule has 0 bridgehead atoms. The Morgan fingerprint density at radius 2 is 2.06 bits per heavy atom. The molecule has 1 N–H and O–H groups in total. The van der Waals surface area contributed by atoms with Crippen LogP contribution >= 0.6 is 15.9 Å². The number of hydrogen-bond donors (Lipinski definition) is 1. The third-order valence-electron chi connectivity index (χ3n) is 3.15. The summed E-state index contributed by atoms with van der Waals surface area (Å²) in [6.45, 7) is 7.74. The molecule has 0 aliphatic carbocycles. The monoisotopic (exact) mass is 299 g/mol. The van der Waals surface area contributed by atoms with Crippen LogP contribution in [0.25, 0.3) is 0 Å². The molecule has 0 aromatic heterocycles. The summed E-state index contributed by atoms with van der Waals surface area (Å²) in [4.78, 5) is 0. The molecule has 0 saturated heterocycles. The largest absolute Gasteiger partial charge is 0.496 e. The summed E-state index contributed by atoms with van der Waals surface area (Å²) in [7, 11) is 1.68. The fourth-order valence-electron chi connectivity index (χ4n) is 1.59. The summed E-state index contributed by atoms with van der Waals surface area (Å²) in [5, 5.41) is 3.55. The Morgan fingerprint density at radius 1 is 1.35 bits per heavy atom. The third-order valence-corrected chi connectivity index (χ3v) is 3.76. The zero-order valence-corrected chi connectivity index (χ0v) is 12.7. The molecule has 1 aromatic carbocycles. The van der Waals surface area contributed by atoms with Crippen molar-refractivity contribution in [2.45, 2.75) is 33.2 Å². The molecule has 0 spiro atoms. The normalized spacial score (nSPS) is 14.4. The fourth-order valence-corrected chi connectivity index (χ4v) is 2.15. The van der Waals surface area contributed by atoms with Gasteiger partial charge >= 0.3 is 0 Å². The van der Waals surface area contributed by atoms with Gasteiger partial charge in [-0.1, -0.05) is 26.3 Å². The topological polar surface area (TPSA) is 21.3 Å². The number of hydrogen-bond acceptors (Lipinski definition) is 2. The molecule has 0 fully saturated rings. The average Bonchev–Trinajstić information content (AvgIpc) is 2.35. The Kier molecular flexibility index (Phi) is 6.00. The number of methoxy groups -OCH3 is 1. The van der Waals surface area contributed by atoms with Gasteiger partial charge in [-0.2, -0.15) is 0 Å². The molecule has 2 unspecified atom stereocenters. The predicted octanol–water partition coefficient (Wildman–Crippen LogP) is 4.15. The highest BCUT2D eigenvalue weighted by Crippen LogP contribution is 2.27. The highest BCUT2D eigenvalue weighted by molar-refractivity contribution is 9.10. The smallest absolute Gasteiger partial charge is 0.133 e. The van der Waals surface area contributed by atoms with Crippen molar-refractivity contribution in [3.63, 3.8) is 0 Å². The molecule has 0 amide bonds. The predicted molar refractivity (Wildman–Crippen MR) is 76.6 cm³/mol. The van der Waals surface area contributed by atoms with E-state index in [0.717, 1.165) is 22.7 Å². The number of rotatable bonds is 6. The molecule has 2 atom stereocenters. The van der Waals surface area contributed by atoms with Gasteiger partial charge in [-0.25, -0.2) is 0 Å². The molecule has 1 rings (SSSR count). The molecule has 0 aliphatic heterocycles. The van der Waals surface area contributed by atoms with Crippen LogP contribution in [0.5, 0.6) is 5.75 Å². The maximum absolute atomic E-state index is 5.23. The molecule has 96 valence electrons. The van der Waals surface area contributed by atoms with E-state index in [1.54, 1.807) is 7.11 Å². The second-order valence-corrected chi connectivity index (χ2v) is 5.39. The maximum Gasteiger partial charge on any atom is 0.133 e. The minimum Gasteiger partial charge on any atom is -0.496 e. The minimum absolute atomic E-state index is 0.367. The molecule has 0 heterocycles. The van der Waals surface area contributed by atoms with Crippen molar-refractivity contribution < 1.29 is 4.74 Å². The molecule has 0 radical (unpaired) electrons. The Hall–Kier alpha value is -0.540. The summed E-state index contributed by atoms with van der Waals surface area (Å²) < 4.78 is 6.24. The van der Waals surface area contributed by atoms with Gasteiger partial charge in [0.2, 0.25) is 0 Å². The number of benzene rings is 1. The van der Waals surface area contributed by atoms with E-state index < -0.39 is 0 Å². The van der Waals surface area contributed by atoms with Gasteiger partial charge in [0.15, 0.2) is 0 Å². The van der Waals surface area contributed by atoms with Crippen molar-refractivity contribution in [2.24, 2.45) is 5.92 Å². The van der Waals surface area contributed by atoms with E-state index in [1.165, 1.54) is 12.0 Å². The Bertz CT molecular complexity index is 354. The average molecular weight is 300 g/mol. The fraction of sp³-hybridized carbons (Fsp3) is 0.571. The summed E-state index contributed by atoms with van der Waals surface area (Å²) in [5.74, 6) is 1.60. The summed E-state index contributed by atoms with van der Waals surface area (Å²) >= 11 is 3.52. The first-order valence-electron chi connectivity index (χ1n) is 6.15. The van der Waals surface area contributed by atoms with E-state index in [-0.39, 0.29) is 0 Å². The van der Waals surface area contributed by atoms with Crippen LogP contribution < -0.4 is 10.1 Å². The molecule has 3 heteroatoms. The van der Waals surface area contributed by atoms with Crippen molar-refractivity contribution in [3.8, 4) is 5.75 Å². The van der Waals surface area contributed by atoms with Crippen LogP contribution in [-0.4, -0.2) is 13.7 Å². The van der Waals surface area contributed by atoms with E-state index >= 15 is 0 Å². The van der Waals surface area contributed by atoms with Gasteiger partial charge in [0.25, 0.3) is 0 Å².